The van der Waals surface area contributed by atoms with E-state index in [1.165, 1.54) is 0 Å². The molecule has 1 aliphatic rings. The lowest BCUT2D eigenvalue weighted by Gasteiger charge is -2.20. The van der Waals surface area contributed by atoms with Gasteiger partial charge in [-0.2, -0.15) is 0 Å². The smallest absolute Gasteiger partial charge is 0.251 e. The maximum Gasteiger partial charge on any atom is 0.251 e. The van der Waals surface area contributed by atoms with Crippen molar-refractivity contribution in [3.8, 4) is 12.3 Å². The summed E-state index contributed by atoms with van der Waals surface area (Å²) >= 11 is 0. The summed E-state index contributed by atoms with van der Waals surface area (Å²) in [6.07, 6.45) is 7.59. The van der Waals surface area contributed by atoms with Crippen LogP contribution in [0.4, 0.5) is 0 Å². The van der Waals surface area contributed by atoms with E-state index in [0.717, 1.165) is 12.8 Å². The molecular weight excluding hydrogens is 252 g/mol. The third kappa shape index (κ3) is 4.13. The van der Waals surface area contributed by atoms with Gasteiger partial charge in [-0.05, 0) is 30.9 Å². The summed E-state index contributed by atoms with van der Waals surface area (Å²) in [5, 5.41) is 2.63. The van der Waals surface area contributed by atoms with Gasteiger partial charge in [-0.3, -0.25) is 9.59 Å². The molecule has 0 atom stereocenters. The summed E-state index contributed by atoms with van der Waals surface area (Å²) in [6.45, 7) is 0.989. The molecular formula is C16H18N2O2. The number of terminal acetylenes is 1. The number of nitrogens with one attached hydrogen (secondary N) is 1. The van der Waals surface area contributed by atoms with Crippen molar-refractivity contribution >= 4 is 11.8 Å². The van der Waals surface area contributed by atoms with Crippen LogP contribution in [0.2, 0.25) is 0 Å². The van der Waals surface area contributed by atoms with Crippen molar-refractivity contribution in [3.63, 3.8) is 0 Å². The molecule has 1 aromatic rings. The van der Waals surface area contributed by atoms with Crippen molar-refractivity contribution in [2.75, 3.05) is 19.6 Å². The normalized spacial score (nSPS) is 13.3. The summed E-state index contributed by atoms with van der Waals surface area (Å²) in [4.78, 5) is 25.5. The summed E-state index contributed by atoms with van der Waals surface area (Å²) in [5.74, 6) is 2.70. The van der Waals surface area contributed by atoms with E-state index in [0.29, 0.717) is 24.6 Å². The van der Waals surface area contributed by atoms with Crippen LogP contribution in [0, 0.1) is 18.3 Å². The maximum atomic E-state index is 12.0. The van der Waals surface area contributed by atoms with Gasteiger partial charge in [0, 0.05) is 12.1 Å². The predicted octanol–water partition coefficient (Wildman–Crippen LogP) is 1.29. The average Bonchev–Trinajstić information content (AvgIpc) is 3.29. The zero-order valence-corrected chi connectivity index (χ0v) is 11.3. The number of rotatable bonds is 6. The quantitative estimate of drug-likeness (QED) is 0.792. The first-order valence-corrected chi connectivity index (χ1v) is 6.75. The van der Waals surface area contributed by atoms with Gasteiger partial charge in [-0.25, -0.2) is 0 Å². The predicted molar refractivity (Wildman–Crippen MR) is 76.9 cm³/mol. The molecule has 0 heterocycles. The van der Waals surface area contributed by atoms with E-state index in [-0.39, 0.29) is 18.4 Å². The minimum atomic E-state index is -0.244. The zero-order chi connectivity index (χ0) is 14.4. The van der Waals surface area contributed by atoms with Crippen molar-refractivity contribution < 1.29 is 9.59 Å². The molecule has 0 radical (unpaired) electrons. The highest BCUT2D eigenvalue weighted by Gasteiger charge is 2.26. The molecule has 1 aromatic carbocycles. The van der Waals surface area contributed by atoms with E-state index in [1.54, 1.807) is 29.2 Å². The van der Waals surface area contributed by atoms with Gasteiger partial charge in [0.15, 0.2) is 0 Å². The van der Waals surface area contributed by atoms with Gasteiger partial charge >= 0.3 is 0 Å². The Morgan fingerprint density at radius 2 is 2.00 bits per heavy atom. The van der Waals surface area contributed by atoms with Crippen LogP contribution < -0.4 is 5.32 Å². The van der Waals surface area contributed by atoms with E-state index >= 15 is 0 Å². The van der Waals surface area contributed by atoms with E-state index in [2.05, 4.69) is 11.2 Å². The monoisotopic (exact) mass is 270 g/mol. The Kier molecular flexibility index (Phi) is 4.78. The molecule has 1 aliphatic carbocycles. The van der Waals surface area contributed by atoms with Crippen molar-refractivity contribution in [1.82, 2.24) is 10.2 Å². The second-order valence-electron chi connectivity index (χ2n) is 4.97. The third-order valence-electron chi connectivity index (χ3n) is 3.25. The second kappa shape index (κ2) is 6.76. The number of nitrogens with zero attached hydrogens (tertiary/aromatic N) is 1. The van der Waals surface area contributed by atoms with Gasteiger partial charge in [0.1, 0.15) is 0 Å². The standard InChI is InChI=1S/C16H18N2O2/c1-2-10-18(12-13-8-9-13)15(19)11-17-16(20)14-6-4-3-5-7-14/h1,3-7,13H,8-12H2,(H,17,20). The Balaban J connectivity index is 1.83. The average molecular weight is 270 g/mol. The van der Waals surface area contributed by atoms with Crippen LogP contribution in [0.25, 0.3) is 0 Å². The topological polar surface area (TPSA) is 49.4 Å². The molecule has 0 saturated heterocycles. The lowest BCUT2D eigenvalue weighted by atomic mass is 10.2. The first-order chi connectivity index (χ1) is 9.70. The maximum absolute atomic E-state index is 12.0. The molecule has 2 rings (SSSR count). The molecule has 2 amide bonds. The van der Waals surface area contributed by atoms with Crippen molar-refractivity contribution in [2.24, 2.45) is 5.92 Å². The van der Waals surface area contributed by atoms with Crippen LogP contribution in [0.3, 0.4) is 0 Å². The SMILES string of the molecule is C#CCN(CC1CC1)C(=O)CNC(=O)c1ccccc1. The molecule has 4 nitrogen and oxygen atoms in total. The molecule has 20 heavy (non-hydrogen) atoms. The highest BCUT2D eigenvalue weighted by Crippen LogP contribution is 2.29. The minimum absolute atomic E-state index is 0.0118. The number of carbonyl (C=O) groups excluding carboxylic acids is 2. The van der Waals surface area contributed by atoms with Crippen LogP contribution in [0.1, 0.15) is 23.2 Å². The summed E-state index contributed by atoms with van der Waals surface area (Å²) in [7, 11) is 0. The fraction of sp³-hybridized carbons (Fsp3) is 0.375. The van der Waals surface area contributed by atoms with E-state index in [4.69, 9.17) is 6.42 Å². The van der Waals surface area contributed by atoms with Gasteiger partial charge in [0.2, 0.25) is 5.91 Å². The number of hydrogen-bond acceptors (Lipinski definition) is 2. The van der Waals surface area contributed by atoms with Crippen LogP contribution in [0.15, 0.2) is 30.3 Å². The molecule has 0 aromatic heterocycles. The first-order valence-electron chi connectivity index (χ1n) is 6.75. The van der Waals surface area contributed by atoms with Crippen molar-refractivity contribution in [3.05, 3.63) is 35.9 Å². The van der Waals surface area contributed by atoms with Gasteiger partial charge in [-0.15, -0.1) is 6.42 Å². The molecule has 104 valence electrons. The molecule has 0 bridgehead atoms. The Morgan fingerprint density at radius 3 is 2.60 bits per heavy atom. The zero-order valence-electron chi connectivity index (χ0n) is 11.3. The Hall–Kier alpha value is -2.28. The largest absolute Gasteiger partial charge is 0.343 e. The Morgan fingerprint density at radius 1 is 1.30 bits per heavy atom. The second-order valence-corrected chi connectivity index (χ2v) is 4.97. The Bertz CT molecular complexity index is 515. The summed E-state index contributed by atoms with van der Waals surface area (Å²) in [5.41, 5.74) is 0.547. The van der Waals surface area contributed by atoms with Gasteiger partial charge in [0.25, 0.3) is 5.91 Å². The highest BCUT2D eigenvalue weighted by molar-refractivity contribution is 5.96. The van der Waals surface area contributed by atoms with Gasteiger partial charge in [-0.1, -0.05) is 24.1 Å². The van der Waals surface area contributed by atoms with Crippen molar-refractivity contribution in [1.29, 1.82) is 0 Å². The van der Waals surface area contributed by atoms with Gasteiger partial charge < -0.3 is 10.2 Å². The van der Waals surface area contributed by atoms with Gasteiger partial charge in [0.05, 0.1) is 13.1 Å². The molecule has 1 N–H and O–H groups in total. The molecule has 0 spiro atoms. The van der Waals surface area contributed by atoms with E-state index in [9.17, 15) is 9.59 Å². The number of benzene rings is 1. The molecule has 0 unspecified atom stereocenters. The minimum Gasteiger partial charge on any atom is -0.343 e. The molecule has 4 heteroatoms. The lowest BCUT2D eigenvalue weighted by Crippen LogP contribution is -2.41. The van der Waals surface area contributed by atoms with Crippen molar-refractivity contribution in [2.45, 2.75) is 12.8 Å². The molecule has 0 aliphatic heterocycles. The van der Waals surface area contributed by atoms with Crippen LogP contribution in [0.5, 0.6) is 0 Å². The molecule has 1 fully saturated rings. The number of hydrogen-bond donors (Lipinski definition) is 1. The van der Waals surface area contributed by atoms with Crippen LogP contribution in [-0.4, -0.2) is 36.3 Å². The van der Waals surface area contributed by atoms with Crippen LogP contribution >= 0.6 is 0 Å². The van der Waals surface area contributed by atoms with E-state index < -0.39 is 0 Å². The highest BCUT2D eigenvalue weighted by atomic mass is 16.2. The first kappa shape index (κ1) is 14.1. The van der Waals surface area contributed by atoms with Crippen LogP contribution in [-0.2, 0) is 4.79 Å². The Labute approximate surface area is 119 Å². The number of amides is 2. The lowest BCUT2D eigenvalue weighted by molar-refractivity contribution is -0.129. The fourth-order valence-corrected chi connectivity index (χ4v) is 1.94. The third-order valence-corrected chi connectivity index (χ3v) is 3.25. The molecule has 1 saturated carbocycles. The summed E-state index contributed by atoms with van der Waals surface area (Å²) < 4.78 is 0. The summed E-state index contributed by atoms with van der Waals surface area (Å²) in [6, 6.07) is 8.83. The number of carbonyl (C=O) groups is 2. The van der Waals surface area contributed by atoms with E-state index in [1.807, 2.05) is 6.07 Å². The fourth-order valence-electron chi connectivity index (χ4n) is 1.94.